The molecule has 0 saturated heterocycles. The third-order valence-electron chi connectivity index (χ3n) is 2.03. The van der Waals surface area contributed by atoms with E-state index in [1.165, 1.54) is 0 Å². The van der Waals surface area contributed by atoms with E-state index in [9.17, 15) is 9.59 Å². The van der Waals surface area contributed by atoms with E-state index in [4.69, 9.17) is 11.6 Å². The Labute approximate surface area is 79.9 Å². The van der Waals surface area contributed by atoms with Gasteiger partial charge in [0.25, 0.3) is 5.91 Å². The van der Waals surface area contributed by atoms with Crippen molar-refractivity contribution in [2.75, 3.05) is 0 Å². The van der Waals surface area contributed by atoms with Gasteiger partial charge in [0.2, 0.25) is 0 Å². The number of imide groups is 1. The molecule has 2 amide bonds. The van der Waals surface area contributed by atoms with Crippen molar-refractivity contribution in [3.8, 4) is 0 Å². The first-order valence-corrected chi connectivity index (χ1v) is 4.17. The lowest BCUT2D eigenvalue weighted by Gasteiger charge is -2.06. The Morgan fingerprint density at radius 1 is 1.38 bits per heavy atom. The number of halogens is 1. The van der Waals surface area contributed by atoms with Gasteiger partial charge in [-0.1, -0.05) is 18.2 Å². The average molecular weight is 196 g/mol. The second-order valence-corrected chi connectivity index (χ2v) is 3.12. The number of nitrogens with zero attached hydrogens (tertiary/aromatic N) is 1. The summed E-state index contributed by atoms with van der Waals surface area (Å²) >= 11 is 5.24. The molecule has 1 aliphatic heterocycles. The highest BCUT2D eigenvalue weighted by atomic mass is 35.5. The summed E-state index contributed by atoms with van der Waals surface area (Å²) in [6, 6.07) is 7.10. The molecule has 0 spiro atoms. The minimum absolute atomic E-state index is 0.289. The predicted molar refractivity (Wildman–Crippen MR) is 47.6 cm³/mol. The second kappa shape index (κ2) is 2.85. The van der Waals surface area contributed by atoms with Crippen LogP contribution in [0.3, 0.4) is 0 Å². The fraction of sp³-hybridized carbons (Fsp3) is 0.111. The first-order valence-electron chi connectivity index (χ1n) is 3.79. The van der Waals surface area contributed by atoms with Gasteiger partial charge >= 0.3 is 5.37 Å². The van der Waals surface area contributed by atoms with Crippen LogP contribution in [0.5, 0.6) is 0 Å². The Bertz CT molecular complexity index is 389. The van der Waals surface area contributed by atoms with Crippen LogP contribution in [0.1, 0.15) is 15.9 Å². The SMILES string of the molecule is O=C(Cl)N1Cc2ccccc2C1=O. The molecule has 0 saturated carbocycles. The van der Waals surface area contributed by atoms with Crippen LogP contribution in [0.4, 0.5) is 4.79 Å². The maximum Gasteiger partial charge on any atom is 0.323 e. The van der Waals surface area contributed by atoms with E-state index in [2.05, 4.69) is 0 Å². The number of carbonyl (C=O) groups is 2. The largest absolute Gasteiger partial charge is 0.323 e. The predicted octanol–water partition coefficient (Wildman–Crippen LogP) is 2.00. The van der Waals surface area contributed by atoms with E-state index < -0.39 is 5.37 Å². The summed E-state index contributed by atoms with van der Waals surface area (Å²) in [5.41, 5.74) is 1.41. The Kier molecular flexibility index (Phi) is 1.81. The molecule has 1 heterocycles. The number of hydrogen-bond donors (Lipinski definition) is 0. The Morgan fingerprint density at radius 2 is 2.08 bits per heavy atom. The molecule has 0 aromatic heterocycles. The fourth-order valence-corrected chi connectivity index (χ4v) is 1.53. The maximum absolute atomic E-state index is 11.5. The van der Waals surface area contributed by atoms with Crippen LogP contribution in [0.2, 0.25) is 0 Å². The fourth-order valence-electron chi connectivity index (χ4n) is 1.40. The molecule has 0 radical (unpaired) electrons. The minimum Gasteiger partial charge on any atom is -0.269 e. The van der Waals surface area contributed by atoms with Crippen LogP contribution in [0, 0.1) is 0 Å². The van der Waals surface area contributed by atoms with Crippen LogP contribution < -0.4 is 0 Å². The Morgan fingerprint density at radius 3 is 2.69 bits per heavy atom. The molecule has 3 nitrogen and oxygen atoms in total. The molecule has 0 atom stereocenters. The van der Waals surface area contributed by atoms with Crippen molar-refractivity contribution in [1.29, 1.82) is 0 Å². The number of amides is 2. The van der Waals surface area contributed by atoms with E-state index in [1.807, 2.05) is 12.1 Å². The molecule has 4 heteroatoms. The van der Waals surface area contributed by atoms with Gasteiger partial charge in [-0.3, -0.25) is 14.5 Å². The highest BCUT2D eigenvalue weighted by Crippen LogP contribution is 2.23. The summed E-state index contributed by atoms with van der Waals surface area (Å²) in [7, 11) is 0. The standard InChI is InChI=1S/C9H6ClNO2/c10-9(13)11-5-6-3-1-2-4-7(6)8(11)12/h1-4H,5H2. The van der Waals surface area contributed by atoms with Gasteiger partial charge in [-0.05, 0) is 23.2 Å². The summed E-state index contributed by atoms with van der Waals surface area (Å²) in [4.78, 5) is 23.3. The van der Waals surface area contributed by atoms with Gasteiger partial charge in [-0.25, -0.2) is 0 Å². The normalized spacial score (nSPS) is 14.5. The molecule has 1 aromatic rings. The molecule has 1 aromatic carbocycles. The van der Waals surface area contributed by atoms with Gasteiger partial charge in [0.15, 0.2) is 0 Å². The third kappa shape index (κ3) is 1.21. The summed E-state index contributed by atoms with van der Waals surface area (Å²) in [6.45, 7) is 0.289. The monoisotopic (exact) mass is 195 g/mol. The Balaban J connectivity index is 2.44. The molecular weight excluding hydrogens is 190 g/mol. The molecule has 0 fully saturated rings. The quantitative estimate of drug-likeness (QED) is 0.469. The van der Waals surface area contributed by atoms with E-state index in [0.29, 0.717) is 5.56 Å². The lowest BCUT2D eigenvalue weighted by Crippen LogP contribution is -2.25. The van der Waals surface area contributed by atoms with Gasteiger partial charge in [-0.15, -0.1) is 0 Å². The van der Waals surface area contributed by atoms with E-state index in [0.717, 1.165) is 10.5 Å². The van der Waals surface area contributed by atoms with Crippen LogP contribution in [0.15, 0.2) is 24.3 Å². The van der Waals surface area contributed by atoms with Crippen molar-refractivity contribution < 1.29 is 9.59 Å². The van der Waals surface area contributed by atoms with E-state index >= 15 is 0 Å². The van der Waals surface area contributed by atoms with Crippen molar-refractivity contribution in [1.82, 2.24) is 4.90 Å². The molecule has 0 unspecified atom stereocenters. The van der Waals surface area contributed by atoms with E-state index in [1.54, 1.807) is 12.1 Å². The van der Waals surface area contributed by atoms with Crippen LogP contribution in [-0.2, 0) is 6.54 Å². The van der Waals surface area contributed by atoms with E-state index in [-0.39, 0.29) is 12.5 Å². The van der Waals surface area contributed by atoms with Gasteiger partial charge in [0.1, 0.15) is 0 Å². The van der Waals surface area contributed by atoms with Crippen LogP contribution in [-0.4, -0.2) is 16.2 Å². The summed E-state index contributed by atoms with van der Waals surface area (Å²) in [5, 5.41) is -0.721. The van der Waals surface area contributed by atoms with Gasteiger partial charge < -0.3 is 0 Å². The van der Waals surface area contributed by atoms with Crippen molar-refractivity contribution >= 4 is 22.9 Å². The summed E-state index contributed by atoms with van der Waals surface area (Å²) in [5.74, 6) is -0.310. The summed E-state index contributed by atoms with van der Waals surface area (Å²) in [6.07, 6.45) is 0. The zero-order valence-corrected chi connectivity index (χ0v) is 7.41. The zero-order chi connectivity index (χ0) is 9.42. The number of fused-ring (bicyclic) bond motifs is 1. The average Bonchev–Trinajstić information content (AvgIpc) is 2.45. The molecule has 1 aliphatic rings. The first kappa shape index (κ1) is 8.26. The van der Waals surface area contributed by atoms with Crippen molar-refractivity contribution in [2.24, 2.45) is 0 Å². The van der Waals surface area contributed by atoms with Gasteiger partial charge in [0.05, 0.1) is 6.54 Å². The van der Waals surface area contributed by atoms with Crippen LogP contribution >= 0.6 is 11.6 Å². The van der Waals surface area contributed by atoms with Crippen molar-refractivity contribution in [3.63, 3.8) is 0 Å². The maximum atomic E-state index is 11.5. The highest BCUT2D eigenvalue weighted by Gasteiger charge is 2.30. The zero-order valence-electron chi connectivity index (χ0n) is 6.66. The molecule has 0 bridgehead atoms. The Hall–Kier alpha value is -1.35. The highest BCUT2D eigenvalue weighted by molar-refractivity contribution is 6.64. The van der Waals surface area contributed by atoms with Gasteiger partial charge in [0, 0.05) is 5.56 Å². The topological polar surface area (TPSA) is 37.4 Å². The van der Waals surface area contributed by atoms with Crippen molar-refractivity contribution in [3.05, 3.63) is 35.4 Å². The van der Waals surface area contributed by atoms with Crippen LogP contribution in [0.25, 0.3) is 0 Å². The molecule has 2 rings (SSSR count). The number of benzene rings is 1. The van der Waals surface area contributed by atoms with Gasteiger partial charge in [-0.2, -0.15) is 0 Å². The second-order valence-electron chi connectivity index (χ2n) is 2.80. The smallest absolute Gasteiger partial charge is 0.269 e. The first-order chi connectivity index (χ1) is 6.20. The number of hydrogen-bond acceptors (Lipinski definition) is 2. The molecule has 0 N–H and O–H groups in total. The molecule has 13 heavy (non-hydrogen) atoms. The lowest BCUT2D eigenvalue weighted by atomic mass is 10.1. The third-order valence-corrected chi connectivity index (χ3v) is 2.24. The minimum atomic E-state index is -0.721. The number of rotatable bonds is 0. The van der Waals surface area contributed by atoms with Crippen molar-refractivity contribution in [2.45, 2.75) is 6.54 Å². The molecule has 66 valence electrons. The molecule has 0 aliphatic carbocycles. The summed E-state index contributed by atoms with van der Waals surface area (Å²) < 4.78 is 0. The number of carbonyl (C=O) groups excluding carboxylic acids is 2. The lowest BCUT2D eigenvalue weighted by molar-refractivity contribution is 0.0839. The molecular formula is C9H6ClNO2.